The number of hydrogen-bond donors (Lipinski definition) is 2. The molecule has 8 heteroatoms. The fourth-order valence-corrected chi connectivity index (χ4v) is 4.98. The molecule has 1 aromatic carbocycles. The number of fused-ring (bicyclic) bond motifs is 3. The van der Waals surface area contributed by atoms with E-state index in [4.69, 9.17) is 14.5 Å². The van der Waals surface area contributed by atoms with Crippen molar-refractivity contribution in [3.05, 3.63) is 29.6 Å². The summed E-state index contributed by atoms with van der Waals surface area (Å²) in [5.41, 5.74) is 2.16. The number of ether oxygens (including phenoxy) is 2. The van der Waals surface area contributed by atoms with Gasteiger partial charge in [0.1, 0.15) is 17.3 Å². The second kappa shape index (κ2) is 8.43. The van der Waals surface area contributed by atoms with Crippen LogP contribution in [0.15, 0.2) is 18.2 Å². The van der Waals surface area contributed by atoms with Gasteiger partial charge in [-0.3, -0.25) is 4.90 Å². The zero-order valence-electron chi connectivity index (χ0n) is 18.1. The van der Waals surface area contributed by atoms with Crippen molar-refractivity contribution in [3.8, 4) is 0 Å². The first-order valence-corrected chi connectivity index (χ1v) is 11.1. The third-order valence-corrected chi connectivity index (χ3v) is 6.58. The zero-order chi connectivity index (χ0) is 21.4. The molecule has 2 aliphatic rings. The lowest BCUT2D eigenvalue weighted by Crippen LogP contribution is -2.46. The van der Waals surface area contributed by atoms with E-state index in [0.29, 0.717) is 17.6 Å². The molecule has 8 nitrogen and oxygen atoms in total. The predicted octanol–water partition coefficient (Wildman–Crippen LogP) is 3.26. The first-order valence-electron chi connectivity index (χ1n) is 11.1. The number of carbonyl (C=O) groups is 1. The number of benzene rings is 1. The number of aryl methyl sites for hydroxylation is 1. The van der Waals surface area contributed by atoms with E-state index in [2.05, 4.69) is 20.2 Å². The third kappa shape index (κ3) is 3.97. The van der Waals surface area contributed by atoms with Gasteiger partial charge in [-0.1, -0.05) is 6.07 Å². The summed E-state index contributed by atoms with van der Waals surface area (Å²) in [6, 6.07) is 6.61. The molecule has 2 fully saturated rings. The molecule has 1 saturated heterocycles. The number of anilines is 1. The lowest BCUT2D eigenvalue weighted by molar-refractivity contribution is 0.00791. The summed E-state index contributed by atoms with van der Waals surface area (Å²) < 4.78 is 10.4. The Morgan fingerprint density at radius 3 is 2.71 bits per heavy atom. The monoisotopic (exact) mass is 423 g/mol. The maximum absolute atomic E-state index is 11.9. The molecule has 0 radical (unpaired) electrons. The number of rotatable bonds is 4. The lowest BCUT2D eigenvalue weighted by Gasteiger charge is -2.39. The summed E-state index contributed by atoms with van der Waals surface area (Å²) in [6.45, 7) is 5.73. The average molecular weight is 424 g/mol. The van der Waals surface area contributed by atoms with Crippen LogP contribution >= 0.6 is 0 Å². The zero-order valence-corrected chi connectivity index (χ0v) is 18.1. The Morgan fingerprint density at radius 1 is 1.19 bits per heavy atom. The highest BCUT2D eigenvalue weighted by Gasteiger charge is 2.27. The van der Waals surface area contributed by atoms with E-state index in [-0.39, 0.29) is 5.97 Å². The SMILES string of the molecule is COC(=O)c1ccc2c(c1)[nH]c1nc(C)nc(NC3CCC(N4CCOCC4)CC3)c12. The Bertz CT molecular complexity index is 1100. The van der Waals surface area contributed by atoms with Gasteiger partial charge < -0.3 is 19.8 Å². The first-order chi connectivity index (χ1) is 15.1. The highest BCUT2D eigenvalue weighted by Crippen LogP contribution is 2.33. The molecule has 164 valence electrons. The van der Waals surface area contributed by atoms with E-state index in [0.717, 1.165) is 72.7 Å². The third-order valence-electron chi connectivity index (χ3n) is 6.58. The number of morpholine rings is 1. The van der Waals surface area contributed by atoms with Crippen molar-refractivity contribution < 1.29 is 14.3 Å². The fourth-order valence-electron chi connectivity index (χ4n) is 4.98. The topological polar surface area (TPSA) is 92.4 Å². The van der Waals surface area contributed by atoms with Crippen LogP contribution in [0.3, 0.4) is 0 Å². The van der Waals surface area contributed by atoms with Crippen molar-refractivity contribution in [1.82, 2.24) is 19.9 Å². The maximum Gasteiger partial charge on any atom is 0.337 e. The average Bonchev–Trinajstić information content (AvgIpc) is 3.17. The molecule has 3 heterocycles. The van der Waals surface area contributed by atoms with Crippen LogP contribution in [0.5, 0.6) is 0 Å². The maximum atomic E-state index is 11.9. The van der Waals surface area contributed by atoms with Crippen LogP contribution in [0.4, 0.5) is 5.82 Å². The molecular formula is C23H29N5O3. The Morgan fingerprint density at radius 2 is 1.97 bits per heavy atom. The minimum absolute atomic E-state index is 0.349. The van der Waals surface area contributed by atoms with Crippen molar-refractivity contribution in [2.24, 2.45) is 0 Å². The van der Waals surface area contributed by atoms with Crippen LogP contribution in [0.25, 0.3) is 21.9 Å². The van der Waals surface area contributed by atoms with Crippen LogP contribution < -0.4 is 5.32 Å². The van der Waals surface area contributed by atoms with Crippen LogP contribution in [-0.4, -0.2) is 71.3 Å². The van der Waals surface area contributed by atoms with Gasteiger partial charge >= 0.3 is 5.97 Å². The van der Waals surface area contributed by atoms with Crippen molar-refractivity contribution in [2.75, 3.05) is 38.7 Å². The summed E-state index contributed by atoms with van der Waals surface area (Å²) in [7, 11) is 1.39. The van der Waals surface area contributed by atoms with Gasteiger partial charge in [0, 0.05) is 36.1 Å². The smallest absolute Gasteiger partial charge is 0.337 e. The highest BCUT2D eigenvalue weighted by molar-refractivity contribution is 6.12. The molecule has 5 rings (SSSR count). The van der Waals surface area contributed by atoms with E-state index in [1.807, 2.05) is 19.1 Å². The van der Waals surface area contributed by atoms with Crippen LogP contribution in [0.1, 0.15) is 41.9 Å². The molecule has 0 spiro atoms. The normalized spacial score (nSPS) is 22.6. The van der Waals surface area contributed by atoms with Gasteiger partial charge in [0.25, 0.3) is 0 Å². The van der Waals surface area contributed by atoms with Gasteiger partial charge in [0.15, 0.2) is 0 Å². The van der Waals surface area contributed by atoms with Gasteiger partial charge in [0.05, 0.1) is 31.3 Å². The van der Waals surface area contributed by atoms with E-state index < -0.39 is 0 Å². The predicted molar refractivity (Wildman–Crippen MR) is 120 cm³/mol. The van der Waals surface area contributed by atoms with E-state index in [1.165, 1.54) is 20.0 Å². The first kappa shape index (κ1) is 20.2. The number of methoxy groups -OCH3 is 1. The Labute approximate surface area is 181 Å². The second-order valence-electron chi connectivity index (χ2n) is 8.52. The molecule has 2 N–H and O–H groups in total. The summed E-state index contributed by atoms with van der Waals surface area (Å²) in [5, 5.41) is 5.69. The van der Waals surface area contributed by atoms with Crippen molar-refractivity contribution in [2.45, 2.75) is 44.7 Å². The fraction of sp³-hybridized carbons (Fsp3) is 0.522. The Balaban J connectivity index is 1.38. The van der Waals surface area contributed by atoms with Gasteiger partial charge in [0.2, 0.25) is 0 Å². The summed E-state index contributed by atoms with van der Waals surface area (Å²) in [6.07, 6.45) is 4.64. The van der Waals surface area contributed by atoms with Crippen molar-refractivity contribution in [1.29, 1.82) is 0 Å². The molecule has 0 atom stereocenters. The minimum atomic E-state index is -0.349. The lowest BCUT2D eigenvalue weighted by atomic mass is 9.90. The van der Waals surface area contributed by atoms with Crippen LogP contribution in [0, 0.1) is 6.92 Å². The number of nitrogens with zero attached hydrogens (tertiary/aromatic N) is 3. The summed E-state index contributed by atoms with van der Waals surface area (Å²) >= 11 is 0. The number of aromatic nitrogens is 3. The van der Waals surface area contributed by atoms with Gasteiger partial charge in [-0.2, -0.15) is 0 Å². The molecule has 1 aliphatic carbocycles. The van der Waals surface area contributed by atoms with Gasteiger partial charge in [-0.15, -0.1) is 0 Å². The Kier molecular flexibility index (Phi) is 5.50. The largest absolute Gasteiger partial charge is 0.465 e. The summed E-state index contributed by atoms with van der Waals surface area (Å²) in [4.78, 5) is 27.2. The van der Waals surface area contributed by atoms with Crippen molar-refractivity contribution >= 4 is 33.7 Å². The number of aromatic amines is 1. The Hall–Kier alpha value is -2.71. The molecule has 1 aliphatic heterocycles. The van der Waals surface area contributed by atoms with E-state index >= 15 is 0 Å². The number of H-pyrrole nitrogens is 1. The van der Waals surface area contributed by atoms with E-state index in [1.54, 1.807) is 6.07 Å². The molecule has 2 aromatic heterocycles. The molecule has 0 unspecified atom stereocenters. The van der Waals surface area contributed by atoms with E-state index in [9.17, 15) is 4.79 Å². The number of esters is 1. The van der Waals surface area contributed by atoms with Gasteiger partial charge in [-0.25, -0.2) is 14.8 Å². The van der Waals surface area contributed by atoms with Crippen LogP contribution in [-0.2, 0) is 9.47 Å². The van der Waals surface area contributed by atoms with Gasteiger partial charge in [-0.05, 0) is 44.7 Å². The quantitative estimate of drug-likeness (QED) is 0.622. The second-order valence-corrected chi connectivity index (χ2v) is 8.52. The molecule has 31 heavy (non-hydrogen) atoms. The number of nitrogens with one attached hydrogen (secondary N) is 2. The molecule has 0 bridgehead atoms. The van der Waals surface area contributed by atoms with Crippen LogP contribution in [0.2, 0.25) is 0 Å². The number of hydrogen-bond acceptors (Lipinski definition) is 7. The number of carbonyl (C=O) groups excluding carboxylic acids is 1. The molecule has 0 amide bonds. The summed E-state index contributed by atoms with van der Waals surface area (Å²) in [5.74, 6) is 1.24. The molecule has 1 saturated carbocycles. The minimum Gasteiger partial charge on any atom is -0.465 e. The molecule has 3 aromatic rings. The standard InChI is InChI=1S/C23H29N5O3/c1-14-24-21(26-16-4-6-17(7-5-16)28-9-11-31-12-10-28)20-18-8-3-15(23(29)30-2)13-19(18)27-22(20)25-14/h3,8,13,16-17H,4-7,9-12H2,1-2H3,(H2,24,25,26,27). The van der Waals surface area contributed by atoms with Crippen molar-refractivity contribution in [3.63, 3.8) is 0 Å². The molecular weight excluding hydrogens is 394 g/mol. The highest BCUT2D eigenvalue weighted by atomic mass is 16.5.